The van der Waals surface area contributed by atoms with Gasteiger partial charge in [-0.25, -0.2) is 0 Å². The van der Waals surface area contributed by atoms with E-state index in [0.29, 0.717) is 23.6 Å². The summed E-state index contributed by atoms with van der Waals surface area (Å²) < 4.78 is 11.4. The highest BCUT2D eigenvalue weighted by atomic mass is 127. The fraction of sp³-hybridized carbons (Fsp3) is 0.588. The van der Waals surface area contributed by atoms with Crippen molar-refractivity contribution in [2.24, 2.45) is 5.92 Å². The van der Waals surface area contributed by atoms with Crippen molar-refractivity contribution in [3.8, 4) is 11.5 Å². The highest BCUT2D eigenvalue weighted by molar-refractivity contribution is 14.1. The summed E-state index contributed by atoms with van der Waals surface area (Å²) in [5, 5.41) is 3.01. The molecule has 0 bridgehead atoms. The molecule has 1 heterocycles. The predicted octanol–water partition coefficient (Wildman–Crippen LogP) is 2.77. The molecule has 5 nitrogen and oxygen atoms in total. The van der Waals surface area contributed by atoms with Crippen LogP contribution < -0.4 is 14.8 Å². The third-order valence-corrected chi connectivity index (χ3v) is 5.20. The van der Waals surface area contributed by atoms with E-state index in [1.807, 2.05) is 6.07 Å². The zero-order chi connectivity index (χ0) is 16.8. The molecular formula is C17H25IN2O3. The van der Waals surface area contributed by atoms with E-state index in [4.69, 9.17) is 9.47 Å². The number of carbonyl (C=O) groups excluding carboxylic acids is 1. The number of hydrogen-bond acceptors (Lipinski definition) is 4. The Hall–Kier alpha value is -1.02. The summed E-state index contributed by atoms with van der Waals surface area (Å²) in [6.07, 6.45) is 2.50. The lowest BCUT2D eigenvalue weighted by Crippen LogP contribution is -2.39. The van der Waals surface area contributed by atoms with Gasteiger partial charge in [0.2, 0.25) is 0 Å². The number of hydrogen-bond donors (Lipinski definition) is 1. The van der Waals surface area contributed by atoms with Crippen molar-refractivity contribution in [1.29, 1.82) is 0 Å². The zero-order valence-corrected chi connectivity index (χ0v) is 16.2. The molecule has 0 aromatic heterocycles. The van der Waals surface area contributed by atoms with Crippen LogP contribution in [0.1, 0.15) is 30.1 Å². The maximum absolute atomic E-state index is 12.4. The Bertz CT molecular complexity index is 543. The molecule has 1 fully saturated rings. The zero-order valence-electron chi connectivity index (χ0n) is 14.0. The van der Waals surface area contributed by atoms with Crippen molar-refractivity contribution >= 4 is 28.5 Å². The van der Waals surface area contributed by atoms with Crippen molar-refractivity contribution in [1.82, 2.24) is 10.2 Å². The Morgan fingerprint density at radius 3 is 2.48 bits per heavy atom. The van der Waals surface area contributed by atoms with Crippen LogP contribution in [0.3, 0.4) is 0 Å². The molecule has 1 aromatic carbocycles. The van der Waals surface area contributed by atoms with Gasteiger partial charge in [0.1, 0.15) is 0 Å². The molecule has 0 atom stereocenters. The molecule has 1 saturated heterocycles. The largest absolute Gasteiger partial charge is 0.493 e. The average molecular weight is 432 g/mol. The second-order valence-corrected chi connectivity index (χ2v) is 7.13. The first-order valence-corrected chi connectivity index (χ1v) is 9.05. The minimum absolute atomic E-state index is 0.0688. The van der Waals surface area contributed by atoms with Gasteiger partial charge in [-0.15, -0.1) is 0 Å². The Morgan fingerprint density at radius 1 is 1.26 bits per heavy atom. The van der Waals surface area contributed by atoms with Crippen molar-refractivity contribution < 1.29 is 14.3 Å². The van der Waals surface area contributed by atoms with Crippen molar-refractivity contribution in [2.75, 3.05) is 40.4 Å². The number of carbonyl (C=O) groups is 1. The van der Waals surface area contributed by atoms with Gasteiger partial charge in [0.05, 0.1) is 19.8 Å². The van der Waals surface area contributed by atoms with Crippen LogP contribution in [0.4, 0.5) is 0 Å². The van der Waals surface area contributed by atoms with E-state index >= 15 is 0 Å². The number of nitrogens with one attached hydrogen (secondary N) is 1. The van der Waals surface area contributed by atoms with Gasteiger partial charge in [-0.2, -0.15) is 0 Å². The number of ether oxygens (including phenoxy) is 2. The number of nitrogens with zero attached hydrogens (tertiary/aromatic N) is 1. The van der Waals surface area contributed by atoms with Gasteiger partial charge < -0.3 is 19.7 Å². The first-order chi connectivity index (χ1) is 11.0. The van der Waals surface area contributed by atoms with Gasteiger partial charge in [0.15, 0.2) is 11.5 Å². The summed E-state index contributed by atoms with van der Waals surface area (Å²) in [6.45, 7) is 6.13. The first kappa shape index (κ1) is 18.3. The van der Waals surface area contributed by atoms with E-state index in [9.17, 15) is 4.79 Å². The minimum Gasteiger partial charge on any atom is -0.493 e. The SMILES string of the molecule is COc1cc(I)c(C(=O)NCCN2CCC(C)CC2)cc1OC. The van der Waals surface area contributed by atoms with Crippen LogP contribution in [0, 0.1) is 9.49 Å². The average Bonchev–Trinajstić information content (AvgIpc) is 2.56. The van der Waals surface area contributed by atoms with E-state index in [1.165, 1.54) is 12.8 Å². The molecule has 1 amide bonds. The van der Waals surface area contributed by atoms with Crippen molar-refractivity contribution in [3.63, 3.8) is 0 Å². The monoisotopic (exact) mass is 432 g/mol. The maximum Gasteiger partial charge on any atom is 0.252 e. The topological polar surface area (TPSA) is 50.8 Å². The van der Waals surface area contributed by atoms with Crippen LogP contribution in [-0.4, -0.2) is 51.2 Å². The summed E-state index contributed by atoms with van der Waals surface area (Å²) in [5.41, 5.74) is 0.621. The molecule has 0 radical (unpaired) electrons. The number of piperidine rings is 1. The van der Waals surface area contributed by atoms with Crippen LogP contribution in [0.5, 0.6) is 11.5 Å². The lowest BCUT2D eigenvalue weighted by Gasteiger charge is -2.30. The molecule has 1 aromatic rings. The van der Waals surface area contributed by atoms with Crippen LogP contribution >= 0.6 is 22.6 Å². The van der Waals surface area contributed by atoms with Crippen LogP contribution in [0.15, 0.2) is 12.1 Å². The van der Waals surface area contributed by atoms with Gasteiger partial charge in [0, 0.05) is 16.7 Å². The number of halogens is 1. The molecule has 0 aliphatic carbocycles. The first-order valence-electron chi connectivity index (χ1n) is 7.97. The van der Waals surface area contributed by atoms with Gasteiger partial charge in [-0.3, -0.25) is 4.79 Å². The van der Waals surface area contributed by atoms with Crippen molar-refractivity contribution in [3.05, 3.63) is 21.3 Å². The normalized spacial score (nSPS) is 16.2. The number of amides is 1. The van der Waals surface area contributed by atoms with Gasteiger partial charge in [-0.1, -0.05) is 6.92 Å². The Labute approximate surface area is 151 Å². The van der Waals surface area contributed by atoms with E-state index in [1.54, 1.807) is 20.3 Å². The maximum atomic E-state index is 12.4. The van der Waals surface area contributed by atoms with E-state index in [2.05, 4.69) is 39.7 Å². The molecular weight excluding hydrogens is 407 g/mol. The standard InChI is InChI=1S/C17H25IN2O3/c1-12-4-7-20(8-5-12)9-6-19-17(21)13-10-15(22-2)16(23-3)11-14(13)18/h10-12H,4-9H2,1-3H3,(H,19,21). The molecule has 1 aliphatic rings. The van der Waals surface area contributed by atoms with Gasteiger partial charge in [0.25, 0.3) is 5.91 Å². The Kier molecular flexibility index (Phi) is 6.95. The molecule has 0 saturated carbocycles. The second kappa shape index (κ2) is 8.73. The molecule has 6 heteroatoms. The highest BCUT2D eigenvalue weighted by Crippen LogP contribution is 2.31. The van der Waals surface area contributed by atoms with Gasteiger partial charge in [-0.05, 0) is 66.6 Å². The van der Waals surface area contributed by atoms with Crippen molar-refractivity contribution in [2.45, 2.75) is 19.8 Å². The summed E-state index contributed by atoms with van der Waals surface area (Å²) in [5.74, 6) is 1.97. The van der Waals surface area contributed by atoms with E-state index in [0.717, 1.165) is 29.1 Å². The fourth-order valence-corrected chi connectivity index (χ4v) is 3.42. The molecule has 2 rings (SSSR count). The fourth-order valence-electron chi connectivity index (χ4n) is 2.74. The third kappa shape index (κ3) is 4.97. The summed E-state index contributed by atoms with van der Waals surface area (Å²) in [6, 6.07) is 3.55. The summed E-state index contributed by atoms with van der Waals surface area (Å²) in [4.78, 5) is 14.8. The van der Waals surface area contributed by atoms with Crippen LogP contribution in [-0.2, 0) is 0 Å². The summed E-state index contributed by atoms with van der Waals surface area (Å²) in [7, 11) is 3.16. The lowest BCUT2D eigenvalue weighted by atomic mass is 9.99. The quantitative estimate of drug-likeness (QED) is 0.703. The Balaban J connectivity index is 1.90. The Morgan fingerprint density at radius 2 is 1.87 bits per heavy atom. The van der Waals surface area contributed by atoms with E-state index < -0.39 is 0 Å². The summed E-state index contributed by atoms with van der Waals surface area (Å²) >= 11 is 2.15. The predicted molar refractivity (Wildman–Crippen MR) is 99.4 cm³/mol. The third-order valence-electron chi connectivity index (χ3n) is 4.31. The highest BCUT2D eigenvalue weighted by Gasteiger charge is 2.17. The molecule has 23 heavy (non-hydrogen) atoms. The lowest BCUT2D eigenvalue weighted by molar-refractivity contribution is 0.0943. The second-order valence-electron chi connectivity index (χ2n) is 5.97. The molecule has 1 aliphatic heterocycles. The smallest absolute Gasteiger partial charge is 0.252 e. The van der Waals surface area contributed by atoms with E-state index in [-0.39, 0.29) is 5.91 Å². The number of methoxy groups -OCH3 is 2. The number of benzene rings is 1. The molecule has 128 valence electrons. The number of rotatable bonds is 6. The van der Waals surface area contributed by atoms with Crippen LogP contribution in [0.2, 0.25) is 0 Å². The minimum atomic E-state index is -0.0688. The van der Waals surface area contributed by atoms with Crippen LogP contribution in [0.25, 0.3) is 0 Å². The molecule has 1 N–H and O–H groups in total. The molecule has 0 unspecified atom stereocenters. The van der Waals surface area contributed by atoms with Gasteiger partial charge >= 0.3 is 0 Å². The molecule has 0 spiro atoms. The number of likely N-dealkylation sites (tertiary alicyclic amines) is 1.